The van der Waals surface area contributed by atoms with Crippen molar-refractivity contribution in [2.24, 2.45) is 11.8 Å². The molecule has 1 N–H and O–H groups in total. The zero-order valence-electron chi connectivity index (χ0n) is 6.84. The Bertz CT molecular complexity index is 70.7. The van der Waals surface area contributed by atoms with Gasteiger partial charge in [0.1, 0.15) is 0 Å². The molecule has 1 aliphatic rings. The highest BCUT2D eigenvalue weighted by Gasteiger charge is 2.18. The number of aliphatic hydroxyl groups is 1. The van der Waals surface area contributed by atoms with E-state index in [1.807, 2.05) is 0 Å². The van der Waals surface area contributed by atoms with Crippen molar-refractivity contribution in [3.8, 4) is 0 Å². The molecule has 10 heavy (non-hydrogen) atoms. The highest BCUT2D eigenvalue weighted by atomic mass is 16.3. The summed E-state index contributed by atoms with van der Waals surface area (Å²) in [5, 5.41) is 8.85. The highest BCUT2D eigenvalue weighted by Crippen LogP contribution is 2.29. The first kappa shape index (κ1) is 8.06. The summed E-state index contributed by atoms with van der Waals surface area (Å²) in [7, 11) is 0. The Balaban J connectivity index is 2.17. The van der Waals surface area contributed by atoms with Crippen LogP contribution in [-0.2, 0) is 0 Å². The zero-order chi connectivity index (χ0) is 7.40. The first-order valence-electron chi connectivity index (χ1n) is 4.47. The molecule has 0 aliphatic heterocycles. The third-order valence-corrected chi connectivity index (χ3v) is 2.80. The summed E-state index contributed by atoms with van der Waals surface area (Å²) >= 11 is 0. The molecule has 1 fully saturated rings. The molecule has 1 saturated carbocycles. The topological polar surface area (TPSA) is 20.2 Å². The van der Waals surface area contributed by atoms with E-state index in [9.17, 15) is 0 Å². The number of hydrogen-bond donors (Lipinski definition) is 1. The van der Waals surface area contributed by atoms with Gasteiger partial charge in [0, 0.05) is 6.61 Å². The molecule has 60 valence electrons. The van der Waals surface area contributed by atoms with Crippen LogP contribution in [0, 0.1) is 11.8 Å². The van der Waals surface area contributed by atoms with E-state index < -0.39 is 0 Å². The van der Waals surface area contributed by atoms with E-state index >= 15 is 0 Å². The fraction of sp³-hybridized carbons (Fsp3) is 1.00. The number of rotatable bonds is 2. The molecular weight excluding hydrogens is 124 g/mol. The summed E-state index contributed by atoms with van der Waals surface area (Å²) in [5.74, 6) is 1.59. The van der Waals surface area contributed by atoms with Gasteiger partial charge >= 0.3 is 0 Å². The highest BCUT2D eigenvalue weighted by molar-refractivity contribution is 4.70. The van der Waals surface area contributed by atoms with Gasteiger partial charge in [0.2, 0.25) is 0 Å². The standard InChI is InChI=1S/C9H18O/c1-2-8-3-5-9(7-10)6-4-8/h8-10H,2-7H2,1H3/t8-,9-. The molecule has 0 aromatic rings. The van der Waals surface area contributed by atoms with Crippen molar-refractivity contribution in [3.63, 3.8) is 0 Å². The van der Waals surface area contributed by atoms with Crippen molar-refractivity contribution in [1.82, 2.24) is 0 Å². The van der Waals surface area contributed by atoms with E-state index in [2.05, 4.69) is 6.92 Å². The molecule has 1 heteroatoms. The molecule has 0 amide bonds. The maximum atomic E-state index is 8.85. The molecule has 0 bridgehead atoms. The normalized spacial score (nSPS) is 34.2. The molecule has 0 atom stereocenters. The lowest BCUT2D eigenvalue weighted by Gasteiger charge is -2.26. The minimum absolute atomic E-state index is 0.413. The molecule has 0 unspecified atom stereocenters. The van der Waals surface area contributed by atoms with Crippen LogP contribution in [0.1, 0.15) is 39.0 Å². The minimum Gasteiger partial charge on any atom is -0.396 e. The molecule has 0 saturated heterocycles. The van der Waals surface area contributed by atoms with Gasteiger partial charge in [-0.05, 0) is 24.7 Å². The van der Waals surface area contributed by atoms with Crippen molar-refractivity contribution in [1.29, 1.82) is 0 Å². The van der Waals surface area contributed by atoms with Crippen molar-refractivity contribution in [2.45, 2.75) is 39.0 Å². The fourth-order valence-corrected chi connectivity index (χ4v) is 1.82. The Morgan fingerprint density at radius 3 is 2.00 bits per heavy atom. The van der Waals surface area contributed by atoms with Crippen LogP contribution in [0.25, 0.3) is 0 Å². The van der Waals surface area contributed by atoms with Crippen LogP contribution in [0.4, 0.5) is 0 Å². The van der Waals surface area contributed by atoms with Gasteiger partial charge in [0.15, 0.2) is 0 Å². The van der Waals surface area contributed by atoms with E-state index in [1.54, 1.807) is 0 Å². The summed E-state index contributed by atoms with van der Waals surface area (Å²) in [6.07, 6.45) is 6.55. The van der Waals surface area contributed by atoms with Crippen LogP contribution in [0.5, 0.6) is 0 Å². The van der Waals surface area contributed by atoms with Crippen molar-refractivity contribution in [3.05, 3.63) is 0 Å². The van der Waals surface area contributed by atoms with Crippen LogP contribution >= 0.6 is 0 Å². The molecule has 1 aliphatic carbocycles. The Morgan fingerprint density at radius 2 is 1.60 bits per heavy atom. The lowest BCUT2D eigenvalue weighted by atomic mass is 9.81. The van der Waals surface area contributed by atoms with Gasteiger partial charge in [-0.1, -0.05) is 26.2 Å². The Labute approximate surface area is 63.4 Å². The maximum absolute atomic E-state index is 8.85. The van der Waals surface area contributed by atoms with Crippen molar-refractivity contribution in [2.75, 3.05) is 6.61 Å². The van der Waals surface area contributed by atoms with Gasteiger partial charge in [0.05, 0.1) is 0 Å². The van der Waals surface area contributed by atoms with Crippen molar-refractivity contribution >= 4 is 0 Å². The van der Waals surface area contributed by atoms with Crippen LogP contribution in [-0.4, -0.2) is 11.7 Å². The van der Waals surface area contributed by atoms with Crippen LogP contribution < -0.4 is 0 Å². The summed E-state index contributed by atoms with van der Waals surface area (Å²) in [4.78, 5) is 0. The molecule has 0 aromatic heterocycles. The summed E-state index contributed by atoms with van der Waals surface area (Å²) in [6, 6.07) is 0. The minimum atomic E-state index is 0.413. The lowest BCUT2D eigenvalue weighted by molar-refractivity contribution is 0.166. The van der Waals surface area contributed by atoms with Crippen LogP contribution in [0.15, 0.2) is 0 Å². The van der Waals surface area contributed by atoms with Gasteiger partial charge in [-0.25, -0.2) is 0 Å². The van der Waals surface area contributed by atoms with Crippen LogP contribution in [0.3, 0.4) is 0 Å². The van der Waals surface area contributed by atoms with E-state index in [1.165, 1.54) is 32.1 Å². The summed E-state index contributed by atoms with van der Waals surface area (Å²) < 4.78 is 0. The van der Waals surface area contributed by atoms with E-state index in [0.29, 0.717) is 12.5 Å². The fourth-order valence-electron chi connectivity index (χ4n) is 1.82. The van der Waals surface area contributed by atoms with Gasteiger partial charge in [-0.15, -0.1) is 0 Å². The van der Waals surface area contributed by atoms with Crippen LogP contribution in [0.2, 0.25) is 0 Å². The van der Waals surface area contributed by atoms with Gasteiger partial charge < -0.3 is 5.11 Å². The first-order chi connectivity index (χ1) is 4.86. The van der Waals surface area contributed by atoms with Crippen molar-refractivity contribution < 1.29 is 5.11 Å². The monoisotopic (exact) mass is 142 g/mol. The summed E-state index contributed by atoms with van der Waals surface area (Å²) in [5.41, 5.74) is 0. The van der Waals surface area contributed by atoms with E-state index in [4.69, 9.17) is 5.11 Å². The predicted octanol–water partition coefficient (Wildman–Crippen LogP) is 2.20. The summed E-state index contributed by atoms with van der Waals surface area (Å²) in [6.45, 7) is 2.68. The third-order valence-electron chi connectivity index (χ3n) is 2.80. The molecule has 0 spiro atoms. The average molecular weight is 142 g/mol. The second-order valence-corrected chi connectivity index (χ2v) is 3.48. The predicted molar refractivity (Wildman–Crippen MR) is 42.8 cm³/mol. The lowest BCUT2D eigenvalue weighted by Crippen LogP contribution is -2.16. The molecule has 0 heterocycles. The Morgan fingerprint density at radius 1 is 1.10 bits per heavy atom. The Hall–Kier alpha value is -0.0400. The van der Waals surface area contributed by atoms with Gasteiger partial charge in [-0.2, -0.15) is 0 Å². The van der Waals surface area contributed by atoms with E-state index in [0.717, 1.165) is 5.92 Å². The number of hydrogen-bond acceptors (Lipinski definition) is 1. The third kappa shape index (κ3) is 1.98. The largest absolute Gasteiger partial charge is 0.396 e. The Kier molecular flexibility index (Phi) is 3.20. The van der Waals surface area contributed by atoms with Gasteiger partial charge in [0.25, 0.3) is 0 Å². The van der Waals surface area contributed by atoms with Gasteiger partial charge in [-0.3, -0.25) is 0 Å². The number of aliphatic hydroxyl groups excluding tert-OH is 1. The second kappa shape index (κ2) is 3.97. The molecule has 0 radical (unpaired) electrons. The maximum Gasteiger partial charge on any atom is 0.0459 e. The molecule has 0 aromatic carbocycles. The first-order valence-corrected chi connectivity index (χ1v) is 4.47. The molecule has 1 rings (SSSR count). The van der Waals surface area contributed by atoms with E-state index in [-0.39, 0.29) is 0 Å². The molecular formula is C9H18O. The zero-order valence-corrected chi connectivity index (χ0v) is 6.84. The molecule has 1 nitrogen and oxygen atoms in total. The quantitative estimate of drug-likeness (QED) is 0.626. The second-order valence-electron chi connectivity index (χ2n) is 3.48. The smallest absolute Gasteiger partial charge is 0.0459 e. The average Bonchev–Trinajstić information content (AvgIpc) is 2.05. The SMILES string of the molecule is CC[C@H]1CC[C@H](CO)CC1.